The SMILES string of the molecule is CCC(N)(CC)CNc1cncc(C(=O)OC)n1. The molecule has 0 aromatic carbocycles. The van der Waals surface area contributed by atoms with Gasteiger partial charge in [-0.1, -0.05) is 13.8 Å². The second-order valence-corrected chi connectivity index (χ2v) is 4.20. The van der Waals surface area contributed by atoms with Crippen molar-refractivity contribution < 1.29 is 9.53 Å². The van der Waals surface area contributed by atoms with E-state index in [1.807, 2.05) is 13.8 Å². The summed E-state index contributed by atoms with van der Waals surface area (Å²) >= 11 is 0. The molecule has 0 radical (unpaired) electrons. The molecule has 0 fully saturated rings. The second kappa shape index (κ2) is 6.30. The minimum Gasteiger partial charge on any atom is -0.464 e. The zero-order valence-electron chi connectivity index (χ0n) is 11.1. The van der Waals surface area contributed by atoms with Crippen LogP contribution in [0.2, 0.25) is 0 Å². The molecule has 0 aliphatic heterocycles. The fourth-order valence-corrected chi connectivity index (χ4v) is 1.42. The lowest BCUT2D eigenvalue weighted by Gasteiger charge is -2.27. The van der Waals surface area contributed by atoms with Crippen LogP contribution < -0.4 is 11.1 Å². The average molecular weight is 252 g/mol. The van der Waals surface area contributed by atoms with Gasteiger partial charge in [0.2, 0.25) is 0 Å². The van der Waals surface area contributed by atoms with E-state index in [1.165, 1.54) is 13.3 Å². The Labute approximate surface area is 107 Å². The summed E-state index contributed by atoms with van der Waals surface area (Å²) in [5.41, 5.74) is 6.07. The summed E-state index contributed by atoms with van der Waals surface area (Å²) in [5.74, 6) is 0.0192. The molecule has 18 heavy (non-hydrogen) atoms. The zero-order valence-corrected chi connectivity index (χ0v) is 11.1. The van der Waals surface area contributed by atoms with E-state index in [0.29, 0.717) is 12.4 Å². The van der Waals surface area contributed by atoms with Gasteiger partial charge in [0.05, 0.1) is 19.5 Å². The Hall–Kier alpha value is -1.69. The zero-order chi connectivity index (χ0) is 13.6. The van der Waals surface area contributed by atoms with E-state index in [4.69, 9.17) is 5.73 Å². The maximum absolute atomic E-state index is 11.3. The molecule has 0 amide bonds. The molecule has 1 aromatic heterocycles. The van der Waals surface area contributed by atoms with Crippen LogP contribution in [-0.2, 0) is 4.74 Å². The lowest BCUT2D eigenvalue weighted by atomic mass is 9.94. The van der Waals surface area contributed by atoms with Gasteiger partial charge < -0.3 is 15.8 Å². The number of anilines is 1. The van der Waals surface area contributed by atoms with E-state index in [0.717, 1.165) is 12.8 Å². The van der Waals surface area contributed by atoms with Gasteiger partial charge >= 0.3 is 5.97 Å². The molecule has 6 nitrogen and oxygen atoms in total. The fourth-order valence-electron chi connectivity index (χ4n) is 1.42. The van der Waals surface area contributed by atoms with Crippen LogP contribution in [-0.4, -0.2) is 35.1 Å². The Morgan fingerprint density at radius 2 is 2.11 bits per heavy atom. The maximum atomic E-state index is 11.3. The van der Waals surface area contributed by atoms with Crippen molar-refractivity contribution in [3.05, 3.63) is 18.1 Å². The largest absolute Gasteiger partial charge is 0.464 e. The summed E-state index contributed by atoms with van der Waals surface area (Å²) < 4.78 is 4.59. The van der Waals surface area contributed by atoms with E-state index in [1.54, 1.807) is 6.20 Å². The van der Waals surface area contributed by atoms with Gasteiger partial charge in [-0.3, -0.25) is 4.98 Å². The number of hydrogen-bond donors (Lipinski definition) is 2. The molecular weight excluding hydrogens is 232 g/mol. The van der Waals surface area contributed by atoms with Crippen molar-refractivity contribution >= 4 is 11.8 Å². The lowest BCUT2D eigenvalue weighted by Crippen LogP contribution is -2.45. The summed E-state index contributed by atoms with van der Waals surface area (Å²) in [7, 11) is 1.31. The van der Waals surface area contributed by atoms with Crippen molar-refractivity contribution in [1.29, 1.82) is 0 Å². The van der Waals surface area contributed by atoms with Crippen LogP contribution >= 0.6 is 0 Å². The minimum absolute atomic E-state index is 0.179. The summed E-state index contributed by atoms with van der Waals surface area (Å²) in [6.45, 7) is 4.67. The molecule has 0 aliphatic carbocycles. The molecule has 0 atom stereocenters. The number of nitrogens with one attached hydrogen (secondary N) is 1. The van der Waals surface area contributed by atoms with Crippen LogP contribution in [0.4, 0.5) is 5.82 Å². The van der Waals surface area contributed by atoms with Crippen LogP contribution in [0.15, 0.2) is 12.4 Å². The van der Waals surface area contributed by atoms with Gasteiger partial charge in [-0.15, -0.1) is 0 Å². The first-order chi connectivity index (χ1) is 8.54. The molecule has 0 aliphatic rings. The predicted molar refractivity (Wildman–Crippen MR) is 69.4 cm³/mol. The monoisotopic (exact) mass is 252 g/mol. The third-order valence-corrected chi connectivity index (χ3v) is 3.06. The van der Waals surface area contributed by atoms with Crippen molar-refractivity contribution in [1.82, 2.24) is 9.97 Å². The summed E-state index contributed by atoms with van der Waals surface area (Å²) in [6, 6.07) is 0. The van der Waals surface area contributed by atoms with Gasteiger partial charge in [0, 0.05) is 12.1 Å². The number of hydrogen-bond acceptors (Lipinski definition) is 6. The van der Waals surface area contributed by atoms with E-state index in [-0.39, 0.29) is 11.2 Å². The van der Waals surface area contributed by atoms with Crippen LogP contribution in [0.5, 0.6) is 0 Å². The molecule has 0 saturated carbocycles. The standard InChI is InChI=1S/C12H20N4O2/c1-4-12(13,5-2)8-15-10-7-14-6-9(16-10)11(17)18-3/h6-7H,4-5,8,13H2,1-3H3,(H,15,16). The molecule has 0 spiro atoms. The molecule has 3 N–H and O–H groups in total. The third-order valence-electron chi connectivity index (χ3n) is 3.06. The number of nitrogens with zero attached hydrogens (tertiary/aromatic N) is 2. The van der Waals surface area contributed by atoms with Gasteiger partial charge in [-0.2, -0.15) is 0 Å². The first-order valence-corrected chi connectivity index (χ1v) is 5.97. The Morgan fingerprint density at radius 3 is 2.67 bits per heavy atom. The van der Waals surface area contributed by atoms with Crippen molar-refractivity contribution in [3.8, 4) is 0 Å². The molecule has 0 bridgehead atoms. The van der Waals surface area contributed by atoms with Crippen LogP contribution in [0.3, 0.4) is 0 Å². The summed E-state index contributed by atoms with van der Waals surface area (Å²) in [4.78, 5) is 19.4. The Kier molecular flexibility index (Phi) is 5.03. The highest BCUT2D eigenvalue weighted by molar-refractivity contribution is 5.87. The minimum atomic E-state index is -0.504. The first kappa shape index (κ1) is 14.4. The molecular formula is C12H20N4O2. The third kappa shape index (κ3) is 3.66. The number of esters is 1. The Bertz CT molecular complexity index is 405. The van der Waals surface area contributed by atoms with Crippen molar-refractivity contribution in [2.45, 2.75) is 32.2 Å². The second-order valence-electron chi connectivity index (χ2n) is 4.20. The number of rotatable bonds is 6. The fraction of sp³-hybridized carbons (Fsp3) is 0.583. The quantitative estimate of drug-likeness (QED) is 0.739. The lowest BCUT2D eigenvalue weighted by molar-refractivity contribution is 0.0593. The van der Waals surface area contributed by atoms with Crippen LogP contribution in [0.25, 0.3) is 0 Å². The van der Waals surface area contributed by atoms with Crippen LogP contribution in [0, 0.1) is 0 Å². The average Bonchev–Trinajstić information content (AvgIpc) is 2.44. The Morgan fingerprint density at radius 1 is 1.44 bits per heavy atom. The van der Waals surface area contributed by atoms with Crippen molar-refractivity contribution in [2.24, 2.45) is 5.73 Å². The topological polar surface area (TPSA) is 90.1 Å². The van der Waals surface area contributed by atoms with Crippen LogP contribution in [0.1, 0.15) is 37.2 Å². The molecule has 1 rings (SSSR count). The number of ether oxygens (including phenoxy) is 1. The highest BCUT2D eigenvalue weighted by atomic mass is 16.5. The highest BCUT2D eigenvalue weighted by Crippen LogP contribution is 2.12. The predicted octanol–water partition coefficient (Wildman–Crippen LogP) is 1.19. The van der Waals surface area contributed by atoms with Gasteiger partial charge in [0.1, 0.15) is 5.82 Å². The molecule has 100 valence electrons. The van der Waals surface area contributed by atoms with Gasteiger partial charge in [-0.25, -0.2) is 9.78 Å². The molecule has 1 aromatic rings. The molecule has 0 saturated heterocycles. The molecule has 0 unspecified atom stereocenters. The van der Waals surface area contributed by atoms with Gasteiger partial charge in [-0.05, 0) is 12.8 Å². The van der Waals surface area contributed by atoms with Crippen molar-refractivity contribution in [3.63, 3.8) is 0 Å². The van der Waals surface area contributed by atoms with E-state index < -0.39 is 5.97 Å². The summed E-state index contributed by atoms with van der Waals surface area (Å²) in [6.07, 6.45) is 4.64. The number of nitrogens with two attached hydrogens (primary N) is 1. The smallest absolute Gasteiger partial charge is 0.358 e. The number of carbonyl (C=O) groups is 1. The van der Waals surface area contributed by atoms with E-state index in [9.17, 15) is 4.79 Å². The van der Waals surface area contributed by atoms with Crippen molar-refractivity contribution in [2.75, 3.05) is 19.0 Å². The van der Waals surface area contributed by atoms with Gasteiger partial charge in [0.15, 0.2) is 5.69 Å². The maximum Gasteiger partial charge on any atom is 0.358 e. The highest BCUT2D eigenvalue weighted by Gasteiger charge is 2.20. The summed E-state index contributed by atoms with van der Waals surface area (Å²) in [5, 5.41) is 3.10. The normalized spacial score (nSPS) is 11.1. The number of aromatic nitrogens is 2. The van der Waals surface area contributed by atoms with Gasteiger partial charge in [0.25, 0.3) is 0 Å². The van der Waals surface area contributed by atoms with E-state index >= 15 is 0 Å². The Balaban J connectivity index is 2.71. The molecule has 6 heteroatoms. The molecule has 1 heterocycles. The van der Waals surface area contributed by atoms with E-state index in [2.05, 4.69) is 20.0 Å². The number of methoxy groups -OCH3 is 1. The first-order valence-electron chi connectivity index (χ1n) is 5.97. The number of carbonyl (C=O) groups excluding carboxylic acids is 1.